The predicted octanol–water partition coefficient (Wildman–Crippen LogP) is 3.76. The monoisotopic (exact) mass is 466 g/mol. The zero-order valence-electron chi connectivity index (χ0n) is 13.6. The Kier molecular flexibility index (Phi) is 6.08. The van der Waals surface area contributed by atoms with Crippen molar-refractivity contribution < 1.29 is 22.0 Å². The summed E-state index contributed by atoms with van der Waals surface area (Å²) in [5.41, 5.74) is 0.654. The van der Waals surface area contributed by atoms with Crippen molar-refractivity contribution in [3.8, 4) is 0 Å². The maximum Gasteiger partial charge on any atom is 0.341 e. The standard InChI is InChI=1S/C15H10Cl2F2N4O3S2/c16-8-5-11(17)13-21-22-15(23(13)6-8)27-7-12(24)20-9-1-3-10(4-2-9)28(25,26)14(18)19/h1-6,14H,7H2,(H,20,24). The van der Waals surface area contributed by atoms with Gasteiger partial charge in [0.2, 0.25) is 15.7 Å². The molecule has 3 rings (SSSR count). The highest BCUT2D eigenvalue weighted by Gasteiger charge is 2.26. The van der Waals surface area contributed by atoms with Crippen molar-refractivity contribution in [2.45, 2.75) is 15.8 Å². The van der Waals surface area contributed by atoms with Gasteiger partial charge < -0.3 is 5.32 Å². The molecule has 0 atom stereocenters. The van der Waals surface area contributed by atoms with Crippen LogP contribution >= 0.6 is 35.0 Å². The Labute approximate surface area is 172 Å². The van der Waals surface area contributed by atoms with Crippen molar-refractivity contribution in [2.75, 3.05) is 11.1 Å². The molecule has 2 heterocycles. The Hall–Kier alpha value is -1.95. The average molecular weight is 467 g/mol. The number of alkyl halides is 2. The third-order valence-corrected chi connectivity index (χ3v) is 6.26. The van der Waals surface area contributed by atoms with E-state index < -0.39 is 26.4 Å². The van der Waals surface area contributed by atoms with Crippen LogP contribution in [0.25, 0.3) is 5.65 Å². The van der Waals surface area contributed by atoms with Crippen LogP contribution in [0.5, 0.6) is 0 Å². The van der Waals surface area contributed by atoms with Gasteiger partial charge in [-0.25, -0.2) is 8.42 Å². The Morgan fingerprint density at radius 1 is 1.21 bits per heavy atom. The summed E-state index contributed by atoms with van der Waals surface area (Å²) in [6.45, 7) is 0. The van der Waals surface area contributed by atoms with E-state index in [0.717, 1.165) is 23.9 Å². The molecule has 0 aliphatic heterocycles. The molecule has 0 aliphatic rings. The smallest absolute Gasteiger partial charge is 0.325 e. The number of carbonyl (C=O) groups is 1. The molecule has 3 aromatic rings. The van der Waals surface area contributed by atoms with Gasteiger partial charge in [0.1, 0.15) is 0 Å². The van der Waals surface area contributed by atoms with Crippen LogP contribution in [0.4, 0.5) is 14.5 Å². The predicted molar refractivity (Wildman–Crippen MR) is 102 cm³/mol. The fourth-order valence-electron chi connectivity index (χ4n) is 2.16. The lowest BCUT2D eigenvalue weighted by Crippen LogP contribution is -2.15. The molecule has 2 aromatic heterocycles. The molecule has 1 amide bonds. The van der Waals surface area contributed by atoms with E-state index in [1.165, 1.54) is 18.2 Å². The zero-order chi connectivity index (χ0) is 20.5. The number of pyridine rings is 1. The number of thioether (sulfide) groups is 1. The number of nitrogens with zero attached hydrogens (tertiary/aromatic N) is 3. The summed E-state index contributed by atoms with van der Waals surface area (Å²) in [7, 11) is -4.68. The molecular formula is C15H10Cl2F2N4O3S2. The molecule has 1 aromatic carbocycles. The number of benzene rings is 1. The molecule has 0 saturated carbocycles. The van der Waals surface area contributed by atoms with Gasteiger partial charge >= 0.3 is 5.76 Å². The summed E-state index contributed by atoms with van der Waals surface area (Å²) in [4.78, 5) is 11.6. The van der Waals surface area contributed by atoms with E-state index in [4.69, 9.17) is 23.2 Å². The van der Waals surface area contributed by atoms with Gasteiger partial charge in [-0.15, -0.1) is 10.2 Å². The van der Waals surface area contributed by atoms with Crippen molar-refractivity contribution in [1.82, 2.24) is 14.6 Å². The summed E-state index contributed by atoms with van der Waals surface area (Å²) in [6.07, 6.45) is 1.56. The second-order valence-corrected chi connectivity index (χ2v) is 9.05. The number of nitrogens with one attached hydrogen (secondary N) is 1. The van der Waals surface area contributed by atoms with Gasteiger partial charge in [0.15, 0.2) is 10.8 Å². The Balaban J connectivity index is 1.65. The molecule has 148 valence electrons. The van der Waals surface area contributed by atoms with E-state index in [2.05, 4.69) is 15.5 Å². The number of halogens is 4. The van der Waals surface area contributed by atoms with Gasteiger partial charge in [-0.1, -0.05) is 35.0 Å². The van der Waals surface area contributed by atoms with Crippen LogP contribution in [0.1, 0.15) is 0 Å². The molecular weight excluding hydrogens is 457 g/mol. The first-order chi connectivity index (χ1) is 13.2. The molecule has 0 saturated heterocycles. The van der Waals surface area contributed by atoms with E-state index >= 15 is 0 Å². The van der Waals surface area contributed by atoms with Crippen LogP contribution in [0.15, 0.2) is 46.6 Å². The SMILES string of the molecule is O=C(CSc1nnc2c(Cl)cc(Cl)cn12)Nc1ccc(S(=O)(=O)C(F)F)cc1. The van der Waals surface area contributed by atoms with Crippen LogP contribution in [-0.2, 0) is 14.6 Å². The number of aromatic nitrogens is 3. The Bertz CT molecular complexity index is 1140. The number of rotatable bonds is 6. The van der Waals surface area contributed by atoms with E-state index in [0.29, 0.717) is 20.8 Å². The first kappa shape index (κ1) is 20.8. The minimum Gasteiger partial charge on any atom is -0.325 e. The van der Waals surface area contributed by atoms with Crippen LogP contribution in [0.2, 0.25) is 10.0 Å². The van der Waals surface area contributed by atoms with Gasteiger partial charge in [0, 0.05) is 11.9 Å². The lowest BCUT2D eigenvalue weighted by molar-refractivity contribution is -0.113. The fourth-order valence-corrected chi connectivity index (χ4v) is 4.10. The lowest BCUT2D eigenvalue weighted by Gasteiger charge is -2.07. The lowest BCUT2D eigenvalue weighted by atomic mass is 10.3. The summed E-state index contributed by atoms with van der Waals surface area (Å²) < 4.78 is 49.3. The van der Waals surface area contributed by atoms with E-state index in [-0.39, 0.29) is 11.4 Å². The molecule has 1 N–H and O–H groups in total. The van der Waals surface area contributed by atoms with Crippen LogP contribution in [0, 0.1) is 0 Å². The maximum absolute atomic E-state index is 12.5. The number of carbonyl (C=O) groups excluding carboxylic acids is 1. The highest BCUT2D eigenvalue weighted by atomic mass is 35.5. The number of sulfone groups is 1. The molecule has 0 spiro atoms. The van der Waals surface area contributed by atoms with Gasteiger partial charge in [-0.05, 0) is 30.3 Å². The van der Waals surface area contributed by atoms with Gasteiger partial charge in [-0.2, -0.15) is 8.78 Å². The quantitative estimate of drug-likeness (QED) is 0.555. The topological polar surface area (TPSA) is 93.4 Å². The summed E-state index contributed by atoms with van der Waals surface area (Å²) >= 11 is 13.0. The Morgan fingerprint density at radius 3 is 2.54 bits per heavy atom. The van der Waals surface area contributed by atoms with Crippen LogP contribution < -0.4 is 5.32 Å². The molecule has 0 aliphatic carbocycles. The minimum absolute atomic E-state index is 0.0397. The van der Waals surface area contributed by atoms with Gasteiger partial charge in [-0.3, -0.25) is 9.20 Å². The number of hydrogen-bond acceptors (Lipinski definition) is 6. The molecule has 0 radical (unpaired) electrons. The van der Waals surface area contributed by atoms with Crippen molar-refractivity contribution in [3.63, 3.8) is 0 Å². The maximum atomic E-state index is 12.5. The molecule has 0 unspecified atom stereocenters. The molecule has 0 fully saturated rings. The molecule has 7 nitrogen and oxygen atoms in total. The first-order valence-corrected chi connectivity index (χ1v) is 10.7. The van der Waals surface area contributed by atoms with E-state index in [1.54, 1.807) is 10.6 Å². The normalized spacial score (nSPS) is 11.9. The number of anilines is 1. The third kappa shape index (κ3) is 4.37. The van der Waals surface area contributed by atoms with E-state index in [9.17, 15) is 22.0 Å². The Morgan fingerprint density at radius 2 is 1.89 bits per heavy atom. The number of hydrogen-bond donors (Lipinski definition) is 1. The third-order valence-electron chi connectivity index (χ3n) is 3.43. The van der Waals surface area contributed by atoms with Crippen molar-refractivity contribution in [2.24, 2.45) is 0 Å². The second kappa shape index (κ2) is 8.19. The highest BCUT2D eigenvalue weighted by Crippen LogP contribution is 2.25. The molecule has 0 bridgehead atoms. The highest BCUT2D eigenvalue weighted by molar-refractivity contribution is 7.99. The molecule has 13 heteroatoms. The number of fused-ring (bicyclic) bond motifs is 1. The van der Waals surface area contributed by atoms with Crippen molar-refractivity contribution in [1.29, 1.82) is 0 Å². The van der Waals surface area contributed by atoms with Crippen LogP contribution in [-0.4, -0.2) is 40.4 Å². The zero-order valence-corrected chi connectivity index (χ0v) is 16.8. The summed E-state index contributed by atoms with van der Waals surface area (Å²) in [5.74, 6) is -3.97. The average Bonchev–Trinajstić information content (AvgIpc) is 3.03. The summed E-state index contributed by atoms with van der Waals surface area (Å²) in [6, 6.07) is 5.97. The van der Waals surface area contributed by atoms with Crippen molar-refractivity contribution in [3.05, 3.63) is 46.6 Å². The fraction of sp³-hybridized carbons (Fsp3) is 0.133. The molecule has 28 heavy (non-hydrogen) atoms. The summed E-state index contributed by atoms with van der Waals surface area (Å²) in [5, 5.41) is 11.5. The van der Waals surface area contributed by atoms with E-state index in [1.807, 2.05) is 0 Å². The van der Waals surface area contributed by atoms with Crippen molar-refractivity contribution >= 4 is 62.0 Å². The van der Waals surface area contributed by atoms with Gasteiger partial charge in [0.05, 0.1) is 20.7 Å². The largest absolute Gasteiger partial charge is 0.341 e. The first-order valence-electron chi connectivity index (χ1n) is 7.43. The van der Waals surface area contributed by atoms with Crippen LogP contribution in [0.3, 0.4) is 0 Å². The minimum atomic E-state index is -4.68. The number of amides is 1. The van der Waals surface area contributed by atoms with Gasteiger partial charge in [0.25, 0.3) is 0 Å². The second-order valence-electron chi connectivity index (χ2n) is 5.35.